The highest BCUT2D eigenvalue weighted by atomic mass is 16.5. The molecule has 0 saturated carbocycles. The Morgan fingerprint density at radius 2 is 1.90 bits per heavy atom. The lowest BCUT2D eigenvalue weighted by Crippen LogP contribution is -2.47. The molecule has 31 heavy (non-hydrogen) atoms. The van der Waals surface area contributed by atoms with Crippen LogP contribution in [0.25, 0.3) is 5.69 Å². The van der Waals surface area contributed by atoms with E-state index in [2.05, 4.69) is 32.1 Å². The van der Waals surface area contributed by atoms with Gasteiger partial charge in [0, 0.05) is 50.4 Å². The third-order valence-corrected chi connectivity index (χ3v) is 6.03. The van der Waals surface area contributed by atoms with Crippen molar-refractivity contribution in [1.82, 2.24) is 9.47 Å². The molecule has 4 heterocycles. The van der Waals surface area contributed by atoms with E-state index in [1.165, 1.54) is 13.3 Å². The predicted molar refractivity (Wildman–Crippen MR) is 120 cm³/mol. The van der Waals surface area contributed by atoms with Crippen molar-refractivity contribution < 1.29 is 14.3 Å². The van der Waals surface area contributed by atoms with E-state index < -0.39 is 0 Å². The SMILES string of the molecule is CC(=O)Nc1ccc(-n2cc3c(c2)N(C2CCCCO2)CN=C3N2CCOCC2)cc1. The second kappa shape index (κ2) is 8.72. The number of amides is 1. The average molecular weight is 424 g/mol. The van der Waals surface area contributed by atoms with Crippen molar-refractivity contribution in [3.63, 3.8) is 0 Å². The molecule has 0 spiro atoms. The Morgan fingerprint density at radius 1 is 1.10 bits per heavy atom. The molecule has 2 fully saturated rings. The Labute approximate surface area is 182 Å². The minimum Gasteiger partial charge on any atom is -0.378 e. The van der Waals surface area contributed by atoms with Crippen LogP contribution in [0.4, 0.5) is 11.4 Å². The van der Waals surface area contributed by atoms with Gasteiger partial charge in [-0.1, -0.05) is 0 Å². The van der Waals surface area contributed by atoms with E-state index in [9.17, 15) is 4.79 Å². The second-order valence-electron chi connectivity index (χ2n) is 8.21. The maximum absolute atomic E-state index is 11.3. The van der Waals surface area contributed by atoms with Crippen LogP contribution in [0.1, 0.15) is 31.7 Å². The lowest BCUT2D eigenvalue weighted by Gasteiger charge is -2.39. The molecular weight excluding hydrogens is 394 g/mol. The molecule has 1 atom stereocenters. The average Bonchev–Trinajstić information content (AvgIpc) is 3.25. The first-order chi connectivity index (χ1) is 15.2. The number of fused-ring (bicyclic) bond motifs is 1. The maximum atomic E-state index is 11.3. The number of hydrogen-bond acceptors (Lipinski definition) is 6. The van der Waals surface area contributed by atoms with E-state index >= 15 is 0 Å². The molecule has 1 unspecified atom stereocenters. The van der Waals surface area contributed by atoms with E-state index in [0.717, 1.165) is 74.2 Å². The summed E-state index contributed by atoms with van der Waals surface area (Å²) in [4.78, 5) is 20.9. The third kappa shape index (κ3) is 4.18. The highest BCUT2D eigenvalue weighted by Gasteiger charge is 2.32. The Bertz CT molecular complexity index is 956. The van der Waals surface area contributed by atoms with Gasteiger partial charge >= 0.3 is 0 Å². The molecule has 1 N–H and O–H groups in total. The highest BCUT2D eigenvalue weighted by Crippen LogP contribution is 2.33. The van der Waals surface area contributed by atoms with Crippen molar-refractivity contribution in [3.8, 4) is 5.69 Å². The van der Waals surface area contributed by atoms with Crippen LogP contribution in [0.15, 0.2) is 41.7 Å². The van der Waals surface area contributed by atoms with Crippen molar-refractivity contribution in [1.29, 1.82) is 0 Å². The van der Waals surface area contributed by atoms with Crippen molar-refractivity contribution in [3.05, 3.63) is 42.2 Å². The van der Waals surface area contributed by atoms with Crippen LogP contribution in [0.5, 0.6) is 0 Å². The van der Waals surface area contributed by atoms with E-state index in [1.54, 1.807) is 0 Å². The zero-order valence-electron chi connectivity index (χ0n) is 17.9. The van der Waals surface area contributed by atoms with Crippen LogP contribution in [0.3, 0.4) is 0 Å². The lowest BCUT2D eigenvalue weighted by molar-refractivity contribution is -0.114. The third-order valence-electron chi connectivity index (χ3n) is 6.03. The van der Waals surface area contributed by atoms with Gasteiger partial charge in [-0.05, 0) is 43.5 Å². The highest BCUT2D eigenvalue weighted by molar-refractivity contribution is 6.05. The lowest BCUT2D eigenvalue weighted by atomic mass is 10.1. The molecule has 0 aliphatic carbocycles. The topological polar surface area (TPSA) is 71.3 Å². The van der Waals surface area contributed by atoms with Crippen LogP contribution < -0.4 is 10.2 Å². The second-order valence-corrected chi connectivity index (χ2v) is 8.21. The van der Waals surface area contributed by atoms with Crippen LogP contribution in [-0.4, -0.2) is 67.0 Å². The molecular formula is C23H29N5O3. The van der Waals surface area contributed by atoms with Gasteiger partial charge in [-0.2, -0.15) is 0 Å². The van der Waals surface area contributed by atoms with Gasteiger partial charge in [0.15, 0.2) is 0 Å². The summed E-state index contributed by atoms with van der Waals surface area (Å²) in [6.07, 6.45) is 7.74. The molecule has 164 valence electrons. The molecule has 0 bridgehead atoms. The summed E-state index contributed by atoms with van der Waals surface area (Å²) in [5.41, 5.74) is 4.12. The standard InChI is InChI=1S/C23H29N5O3/c1-17(29)25-18-5-7-19(8-6-18)27-14-20-21(15-27)28(22-4-2-3-11-31-22)16-24-23(20)26-9-12-30-13-10-26/h5-8,14-15,22H,2-4,9-13,16H2,1H3,(H,25,29). The number of nitrogens with one attached hydrogen (secondary N) is 1. The van der Waals surface area contributed by atoms with Crippen LogP contribution in [0, 0.1) is 0 Å². The number of ether oxygens (including phenoxy) is 2. The number of anilines is 2. The molecule has 1 amide bonds. The number of aromatic nitrogens is 1. The summed E-state index contributed by atoms with van der Waals surface area (Å²) in [6, 6.07) is 7.89. The Kier molecular flexibility index (Phi) is 5.65. The van der Waals surface area contributed by atoms with E-state index in [-0.39, 0.29) is 12.1 Å². The molecule has 5 rings (SSSR count). The minimum absolute atomic E-state index is 0.0699. The van der Waals surface area contributed by atoms with Gasteiger partial charge in [-0.3, -0.25) is 4.79 Å². The Hall–Kier alpha value is -2.84. The zero-order chi connectivity index (χ0) is 21.2. The van der Waals surface area contributed by atoms with Crippen LogP contribution in [-0.2, 0) is 14.3 Å². The summed E-state index contributed by atoms with van der Waals surface area (Å²) in [7, 11) is 0. The number of aliphatic imine (C=N–C) groups is 1. The van der Waals surface area contributed by atoms with Crippen LogP contribution >= 0.6 is 0 Å². The van der Waals surface area contributed by atoms with Crippen molar-refractivity contribution >= 4 is 23.1 Å². The first-order valence-corrected chi connectivity index (χ1v) is 11.0. The largest absolute Gasteiger partial charge is 0.378 e. The summed E-state index contributed by atoms with van der Waals surface area (Å²) in [5.74, 6) is 0.970. The summed E-state index contributed by atoms with van der Waals surface area (Å²) in [6.45, 7) is 6.11. The van der Waals surface area contributed by atoms with E-state index in [4.69, 9.17) is 14.5 Å². The van der Waals surface area contributed by atoms with Crippen LogP contribution in [0.2, 0.25) is 0 Å². The van der Waals surface area contributed by atoms with Gasteiger partial charge in [-0.25, -0.2) is 4.99 Å². The van der Waals surface area contributed by atoms with Gasteiger partial charge in [0.05, 0.1) is 24.5 Å². The number of carbonyl (C=O) groups is 1. The fraction of sp³-hybridized carbons (Fsp3) is 0.478. The number of nitrogens with zero attached hydrogens (tertiary/aromatic N) is 4. The smallest absolute Gasteiger partial charge is 0.221 e. The first kappa shape index (κ1) is 20.1. The molecule has 8 heteroatoms. The number of rotatable bonds is 3. The van der Waals surface area contributed by atoms with Gasteiger partial charge in [0.2, 0.25) is 5.91 Å². The van der Waals surface area contributed by atoms with E-state index in [0.29, 0.717) is 6.67 Å². The number of benzene rings is 1. The van der Waals surface area contributed by atoms with Gasteiger partial charge in [-0.15, -0.1) is 0 Å². The number of hydrogen-bond donors (Lipinski definition) is 1. The molecule has 3 aliphatic heterocycles. The maximum Gasteiger partial charge on any atom is 0.221 e. The molecule has 3 aliphatic rings. The quantitative estimate of drug-likeness (QED) is 0.822. The normalized spacial score (nSPS) is 21.5. The monoisotopic (exact) mass is 423 g/mol. The Balaban J connectivity index is 1.48. The van der Waals surface area contributed by atoms with Crippen molar-refractivity contribution in [2.45, 2.75) is 32.4 Å². The molecule has 2 saturated heterocycles. The fourth-order valence-electron chi connectivity index (χ4n) is 4.48. The van der Waals surface area contributed by atoms with Crippen molar-refractivity contribution in [2.75, 3.05) is 49.8 Å². The van der Waals surface area contributed by atoms with Gasteiger partial charge in [0.25, 0.3) is 0 Å². The van der Waals surface area contributed by atoms with Gasteiger partial charge < -0.3 is 29.2 Å². The fourth-order valence-corrected chi connectivity index (χ4v) is 4.48. The zero-order valence-corrected chi connectivity index (χ0v) is 17.9. The molecule has 8 nitrogen and oxygen atoms in total. The molecule has 2 aromatic rings. The number of carbonyl (C=O) groups excluding carboxylic acids is 1. The minimum atomic E-state index is -0.0707. The van der Waals surface area contributed by atoms with E-state index in [1.807, 2.05) is 24.3 Å². The van der Waals surface area contributed by atoms with Crippen molar-refractivity contribution in [2.24, 2.45) is 4.99 Å². The predicted octanol–water partition coefficient (Wildman–Crippen LogP) is 2.82. The number of morpholine rings is 1. The Morgan fingerprint density at radius 3 is 2.61 bits per heavy atom. The summed E-state index contributed by atoms with van der Waals surface area (Å²) < 4.78 is 13.8. The molecule has 0 radical (unpaired) electrons. The summed E-state index contributed by atoms with van der Waals surface area (Å²) >= 11 is 0. The number of amidine groups is 1. The summed E-state index contributed by atoms with van der Waals surface area (Å²) in [5, 5.41) is 2.82. The van der Waals surface area contributed by atoms with Gasteiger partial charge in [0.1, 0.15) is 18.7 Å². The molecule has 1 aromatic carbocycles. The molecule has 1 aromatic heterocycles. The first-order valence-electron chi connectivity index (χ1n) is 11.0.